The first-order valence-electron chi connectivity index (χ1n) is 41.5. The quantitative estimate of drug-likeness (QED) is 0.101. The van der Waals surface area contributed by atoms with Gasteiger partial charge in [-0.1, -0.05) is 342 Å². The Hall–Kier alpha value is -9.02. The molecule has 3 heteroatoms. The van der Waals surface area contributed by atoms with Crippen LogP contribution in [0.15, 0.2) is 249 Å². The molecule has 3 nitrogen and oxygen atoms in total. The maximum Gasteiger partial charge on any atom is 0.0493 e. The standard InChI is InChI=1S/C22H30.C21H28.2C17H20.C15H15N.C10H15N.C5H13N/c1-15(2)19-13-18(17-11-9-8-10-12-17)14-20(22(5,6)7)21(19)16(3)4;1-14(2)19-12-18(17-10-8-7-9-11-17)13-20(15(3)4)21(19)16(5)6;2*1-12(2)17-13(3)10-16(11-14(17)4)15-8-6-5-7-9-15;1-11(2)16-14-9-5-3-7-12(14)13-8-4-6-10-15(13)16;1-9(2)11(3)10-7-5-4-6-8-10;1-5(2)6(3)4/h8-16H,1-7H3;7-16H,1-6H3;2*5-12H,1-4H3;3-11H,1-2H3;4-9H,1-3H3;5H,1-4H3/i15D;;;;;;. The van der Waals surface area contributed by atoms with Crippen molar-refractivity contribution in [3.8, 4) is 44.5 Å². The lowest BCUT2D eigenvalue weighted by molar-refractivity contribution is 0.335. The lowest BCUT2D eigenvalue weighted by Gasteiger charge is -2.29. The van der Waals surface area contributed by atoms with Crippen LogP contribution in [0.5, 0.6) is 0 Å². The second-order valence-corrected chi connectivity index (χ2v) is 34.3. The van der Waals surface area contributed by atoms with Crippen LogP contribution in [-0.4, -0.2) is 42.7 Å². The number of anilines is 1. The smallest absolute Gasteiger partial charge is 0.0493 e. The second-order valence-electron chi connectivity index (χ2n) is 34.3. The van der Waals surface area contributed by atoms with E-state index in [9.17, 15) is 0 Å². The summed E-state index contributed by atoms with van der Waals surface area (Å²) >= 11 is 0. The largest absolute Gasteiger partial charge is 0.372 e. The summed E-state index contributed by atoms with van der Waals surface area (Å²) in [6, 6.07) is 90.4. The Bertz CT molecular complexity index is 4500. The van der Waals surface area contributed by atoms with Gasteiger partial charge in [0.2, 0.25) is 0 Å². The van der Waals surface area contributed by atoms with Gasteiger partial charge in [-0.05, 0) is 266 Å². The Morgan fingerprint density at radius 2 is 0.564 bits per heavy atom. The maximum atomic E-state index is 8.67. The van der Waals surface area contributed by atoms with E-state index in [2.05, 4.69) is 445 Å². The molecule has 584 valence electrons. The first-order valence-corrected chi connectivity index (χ1v) is 41.0. The molecule has 0 aliphatic heterocycles. The molecule has 0 aliphatic carbocycles. The third-order valence-electron chi connectivity index (χ3n) is 21.0. The predicted molar refractivity (Wildman–Crippen MR) is 492 cm³/mol. The molecule has 1 aromatic heterocycles. The fourth-order valence-electron chi connectivity index (χ4n) is 15.1. The van der Waals surface area contributed by atoms with Crippen molar-refractivity contribution in [2.24, 2.45) is 0 Å². The van der Waals surface area contributed by atoms with E-state index in [0.717, 1.165) is 5.56 Å². The molecule has 0 unspecified atom stereocenters. The third kappa shape index (κ3) is 25.0. The molecule has 0 aliphatic rings. The highest BCUT2D eigenvalue weighted by molar-refractivity contribution is 6.08. The van der Waals surface area contributed by atoms with E-state index >= 15 is 0 Å². The molecule has 0 atom stereocenters. The van der Waals surface area contributed by atoms with Gasteiger partial charge in [0.25, 0.3) is 0 Å². The third-order valence-corrected chi connectivity index (χ3v) is 21.0. The highest BCUT2D eigenvalue weighted by atomic mass is 15.1. The first-order chi connectivity index (χ1) is 52.3. The van der Waals surface area contributed by atoms with Crippen LogP contribution < -0.4 is 4.90 Å². The summed E-state index contributed by atoms with van der Waals surface area (Å²) in [5, 5.41) is 2.71. The molecule has 0 radical (unpaired) electrons. The van der Waals surface area contributed by atoms with E-state index in [-0.39, 0.29) is 5.41 Å². The maximum absolute atomic E-state index is 8.67. The number of hydrogen-bond donors (Lipinski definition) is 0. The van der Waals surface area contributed by atoms with Crippen LogP contribution in [0.4, 0.5) is 5.69 Å². The zero-order valence-corrected chi connectivity index (χ0v) is 73.7. The van der Waals surface area contributed by atoms with E-state index in [4.69, 9.17) is 1.37 Å². The van der Waals surface area contributed by atoms with Gasteiger partial charge in [-0.25, -0.2) is 0 Å². The highest BCUT2D eigenvalue weighted by Crippen LogP contribution is 2.41. The van der Waals surface area contributed by atoms with Crippen molar-refractivity contribution in [2.45, 2.75) is 252 Å². The molecule has 12 rings (SSSR count). The van der Waals surface area contributed by atoms with E-state index in [1.165, 1.54) is 128 Å². The van der Waals surface area contributed by atoms with Gasteiger partial charge >= 0.3 is 0 Å². The predicted octanol–water partition coefficient (Wildman–Crippen LogP) is 31.7. The van der Waals surface area contributed by atoms with Gasteiger partial charge in [0.05, 0.1) is 0 Å². The lowest BCUT2D eigenvalue weighted by Crippen LogP contribution is -2.25. The van der Waals surface area contributed by atoms with E-state index in [1.807, 2.05) is 26.0 Å². The molecule has 12 aromatic rings. The molecule has 110 heavy (non-hydrogen) atoms. The first kappa shape index (κ1) is 88.2. The monoisotopic (exact) mass is 1470 g/mol. The number of fused-ring (bicyclic) bond motifs is 3. The second kappa shape index (κ2) is 42.4. The summed E-state index contributed by atoms with van der Waals surface area (Å²) in [6.07, 6.45) is 0. The molecular formula is C107H141N3. The molecule has 0 N–H and O–H groups in total. The molecule has 0 spiro atoms. The number of aryl methyl sites for hydroxylation is 4. The van der Waals surface area contributed by atoms with E-state index in [0.29, 0.717) is 53.6 Å². The average Bonchev–Trinajstić information content (AvgIpc) is 1.75. The molecule has 0 bridgehead atoms. The summed E-state index contributed by atoms with van der Waals surface area (Å²) < 4.78 is 11.1. The van der Waals surface area contributed by atoms with E-state index < -0.39 is 5.89 Å². The van der Waals surface area contributed by atoms with Crippen molar-refractivity contribution in [1.82, 2.24) is 9.47 Å². The zero-order valence-electron chi connectivity index (χ0n) is 74.7. The van der Waals surface area contributed by atoms with Crippen LogP contribution in [0.1, 0.15) is 275 Å². The zero-order chi connectivity index (χ0) is 82.4. The minimum Gasteiger partial charge on any atom is -0.372 e. The van der Waals surface area contributed by atoms with Crippen molar-refractivity contribution in [1.29, 1.82) is 0 Å². The van der Waals surface area contributed by atoms with Gasteiger partial charge in [-0.2, -0.15) is 0 Å². The SMILES string of the molecule is CC(C)N(C)C.CC(C)N(C)c1ccccc1.CC(C)c1cc(-c2ccccc2)cc(C(C)C)c1C(C)C.CC(C)n1c2ccccc2c2ccccc21.Cc1cc(-c2ccccc2)cc(C)c1C(C)C.Cc1cc(-c2ccccc2)cc(C)c1C(C)C.[2H]C(C)(C)c1cc(-c2ccccc2)cc(C(C)(C)C)c1C(C)C. The van der Waals surface area contributed by atoms with Crippen LogP contribution in [0, 0.1) is 27.7 Å². The molecule has 0 saturated heterocycles. The lowest BCUT2D eigenvalue weighted by atomic mass is 9.75. The Balaban J connectivity index is 0.000000207. The van der Waals surface area contributed by atoms with Gasteiger partial charge in [-0.15, -0.1) is 0 Å². The molecule has 1 heterocycles. The van der Waals surface area contributed by atoms with Crippen LogP contribution in [0.25, 0.3) is 66.3 Å². The van der Waals surface area contributed by atoms with Crippen molar-refractivity contribution in [2.75, 3.05) is 26.0 Å². The Morgan fingerprint density at radius 1 is 0.291 bits per heavy atom. The molecule has 0 amide bonds. The molecule has 11 aromatic carbocycles. The van der Waals surface area contributed by atoms with Crippen molar-refractivity contribution in [3.05, 3.63) is 315 Å². The van der Waals surface area contributed by atoms with Crippen molar-refractivity contribution >= 4 is 27.5 Å². The number of hydrogen-bond acceptors (Lipinski definition) is 2. The summed E-state index contributed by atoms with van der Waals surface area (Å²) in [5.74, 6) is 2.69. The highest BCUT2D eigenvalue weighted by Gasteiger charge is 2.25. The van der Waals surface area contributed by atoms with Crippen LogP contribution in [0.3, 0.4) is 0 Å². The summed E-state index contributed by atoms with van der Waals surface area (Å²) in [4.78, 5) is 4.42. The normalized spacial score (nSPS) is 11.6. The fraction of sp³-hybridized carbons (Fsp3) is 0.383. The summed E-state index contributed by atoms with van der Waals surface area (Å²) in [5.41, 5.74) is 31.4. The van der Waals surface area contributed by atoms with Crippen molar-refractivity contribution < 1.29 is 1.37 Å². The van der Waals surface area contributed by atoms with Gasteiger partial charge < -0.3 is 14.4 Å². The van der Waals surface area contributed by atoms with Gasteiger partial charge in [0, 0.05) is 54.0 Å². The number of benzene rings is 11. The van der Waals surface area contributed by atoms with Crippen LogP contribution in [0.2, 0.25) is 0 Å². The average molecular weight is 1470 g/mol. The van der Waals surface area contributed by atoms with Gasteiger partial charge in [0.1, 0.15) is 0 Å². The van der Waals surface area contributed by atoms with Gasteiger partial charge in [0.15, 0.2) is 0 Å². The molecular weight excluding hydrogens is 1330 g/mol. The number of rotatable bonds is 15. The minimum absolute atomic E-state index is 0.0599. The fourth-order valence-corrected chi connectivity index (χ4v) is 15.1. The minimum atomic E-state index is -0.607. The Kier molecular flexibility index (Phi) is 34.0. The Morgan fingerprint density at radius 3 is 0.827 bits per heavy atom. The topological polar surface area (TPSA) is 11.4 Å². The van der Waals surface area contributed by atoms with Crippen LogP contribution >= 0.6 is 0 Å². The number of para-hydroxylation sites is 3. The molecule has 0 fully saturated rings. The molecule has 0 saturated carbocycles. The summed E-state index contributed by atoms with van der Waals surface area (Å²) in [6.45, 7) is 60.2. The number of nitrogens with zero attached hydrogens (tertiary/aromatic N) is 3. The van der Waals surface area contributed by atoms with E-state index in [1.54, 1.807) is 5.56 Å². The van der Waals surface area contributed by atoms with Gasteiger partial charge in [-0.3, -0.25) is 0 Å². The van der Waals surface area contributed by atoms with Crippen molar-refractivity contribution in [3.63, 3.8) is 0 Å². The summed E-state index contributed by atoms with van der Waals surface area (Å²) in [7, 11) is 6.26. The van der Waals surface area contributed by atoms with Crippen LogP contribution in [-0.2, 0) is 5.41 Å². The Labute approximate surface area is 672 Å². The number of aromatic nitrogens is 1.